The van der Waals surface area contributed by atoms with E-state index in [1.165, 1.54) is 43.8 Å². The Morgan fingerprint density at radius 3 is 2.43 bits per heavy atom. The molecule has 3 rings (SSSR count). The fourth-order valence-corrected chi connectivity index (χ4v) is 4.25. The van der Waals surface area contributed by atoms with Crippen LogP contribution in [0, 0.1) is 18.6 Å². The van der Waals surface area contributed by atoms with Crippen LogP contribution >= 0.6 is 11.6 Å². The minimum atomic E-state index is -4.39. The van der Waals surface area contributed by atoms with E-state index in [9.17, 15) is 22.0 Å². The Morgan fingerprint density at radius 1 is 1.20 bits per heavy atom. The molecule has 1 N–H and O–H groups in total. The zero-order valence-corrected chi connectivity index (χ0v) is 17.6. The summed E-state index contributed by atoms with van der Waals surface area (Å²) in [5.41, 5.74) is -0.264. The van der Waals surface area contributed by atoms with Crippen LogP contribution in [0.4, 0.5) is 8.78 Å². The Labute approximate surface area is 176 Å². The second kappa shape index (κ2) is 8.04. The van der Waals surface area contributed by atoms with Gasteiger partial charge in [0.05, 0.1) is 23.4 Å². The van der Waals surface area contributed by atoms with Crippen LogP contribution in [0.1, 0.15) is 16.3 Å². The van der Waals surface area contributed by atoms with Gasteiger partial charge >= 0.3 is 5.91 Å². The van der Waals surface area contributed by atoms with Gasteiger partial charge in [0.25, 0.3) is 10.0 Å². The number of imidazole rings is 1. The molecule has 0 atom stereocenters. The number of nitrogens with zero attached hydrogens (tertiary/aromatic N) is 2. The Hall–Kier alpha value is -2.98. The molecule has 0 aliphatic rings. The number of nitrogens with one attached hydrogen (secondary N) is 1. The van der Waals surface area contributed by atoms with Crippen LogP contribution in [-0.4, -0.2) is 31.0 Å². The smallest absolute Gasteiger partial charge is 0.301 e. The van der Waals surface area contributed by atoms with Gasteiger partial charge in [-0.15, -0.1) is 0 Å². The van der Waals surface area contributed by atoms with Gasteiger partial charge in [-0.25, -0.2) is 26.9 Å². The highest BCUT2D eigenvalue weighted by molar-refractivity contribution is 7.90. The first-order chi connectivity index (χ1) is 14.1. The van der Waals surface area contributed by atoms with Crippen LogP contribution in [-0.2, 0) is 17.1 Å². The summed E-state index contributed by atoms with van der Waals surface area (Å²) < 4.78 is 61.7. The van der Waals surface area contributed by atoms with E-state index >= 15 is 0 Å². The van der Waals surface area contributed by atoms with Crippen LogP contribution in [0.25, 0.3) is 11.3 Å². The van der Waals surface area contributed by atoms with Crippen molar-refractivity contribution in [2.75, 3.05) is 7.11 Å². The number of carbonyl (C=O) groups is 1. The molecule has 1 amide bonds. The molecule has 0 unspecified atom stereocenters. The number of benzene rings is 2. The summed E-state index contributed by atoms with van der Waals surface area (Å²) in [5.74, 6) is -2.95. The predicted octanol–water partition coefficient (Wildman–Crippen LogP) is 3.45. The van der Waals surface area contributed by atoms with Crippen molar-refractivity contribution in [3.63, 3.8) is 0 Å². The monoisotopic (exact) mass is 455 g/mol. The molecule has 0 fully saturated rings. The molecular formula is C19H16ClF2N3O4S. The summed E-state index contributed by atoms with van der Waals surface area (Å²) in [6.07, 6.45) is 0. The number of sulfonamides is 1. The molecular weight excluding hydrogens is 440 g/mol. The third-order valence-electron chi connectivity index (χ3n) is 4.44. The fraction of sp³-hybridized carbons (Fsp3) is 0.158. The Balaban J connectivity index is 2.01. The van der Waals surface area contributed by atoms with Crippen molar-refractivity contribution in [3.05, 3.63) is 64.6 Å². The van der Waals surface area contributed by atoms with Crippen molar-refractivity contribution >= 4 is 27.5 Å². The lowest BCUT2D eigenvalue weighted by Crippen LogP contribution is -2.32. The fourth-order valence-electron chi connectivity index (χ4n) is 2.78. The van der Waals surface area contributed by atoms with E-state index in [2.05, 4.69) is 4.98 Å². The van der Waals surface area contributed by atoms with Gasteiger partial charge < -0.3 is 9.30 Å². The molecule has 7 nitrogen and oxygen atoms in total. The van der Waals surface area contributed by atoms with Crippen molar-refractivity contribution in [3.8, 4) is 17.0 Å². The van der Waals surface area contributed by atoms with Gasteiger partial charge in [0, 0.05) is 18.8 Å². The van der Waals surface area contributed by atoms with Crippen LogP contribution in [0.5, 0.6) is 5.75 Å². The van der Waals surface area contributed by atoms with Crippen LogP contribution in [0.3, 0.4) is 0 Å². The third kappa shape index (κ3) is 3.88. The molecule has 0 spiro atoms. The highest BCUT2D eigenvalue weighted by Gasteiger charge is 2.27. The lowest BCUT2D eigenvalue weighted by molar-refractivity contribution is 0.0968. The molecule has 11 heteroatoms. The van der Waals surface area contributed by atoms with Crippen molar-refractivity contribution in [2.24, 2.45) is 7.05 Å². The summed E-state index contributed by atoms with van der Waals surface area (Å²) in [5, 5.41) is -0.124. The van der Waals surface area contributed by atoms with E-state index in [1.807, 2.05) is 4.72 Å². The lowest BCUT2D eigenvalue weighted by atomic mass is 10.1. The molecule has 1 heterocycles. The van der Waals surface area contributed by atoms with Crippen molar-refractivity contribution in [1.82, 2.24) is 14.3 Å². The molecule has 0 saturated carbocycles. The first-order valence-electron chi connectivity index (χ1n) is 8.45. The van der Waals surface area contributed by atoms with Gasteiger partial charge in [0.15, 0.2) is 0 Å². The first-order valence-corrected chi connectivity index (χ1v) is 10.3. The molecule has 30 heavy (non-hydrogen) atoms. The van der Waals surface area contributed by atoms with Crippen molar-refractivity contribution in [1.29, 1.82) is 0 Å². The van der Waals surface area contributed by atoms with E-state index in [1.54, 1.807) is 0 Å². The van der Waals surface area contributed by atoms with E-state index in [-0.39, 0.29) is 32.9 Å². The normalized spacial score (nSPS) is 11.4. The number of methoxy groups -OCH3 is 1. The molecule has 0 bridgehead atoms. The summed E-state index contributed by atoms with van der Waals surface area (Å²) in [4.78, 5) is 16.3. The summed E-state index contributed by atoms with van der Waals surface area (Å²) >= 11 is 5.95. The second-order valence-corrected chi connectivity index (χ2v) is 8.31. The number of hydrogen-bond donors (Lipinski definition) is 1. The number of carbonyl (C=O) groups excluding carboxylic acids is 1. The number of aromatic nitrogens is 2. The minimum Gasteiger partial charge on any atom is -0.497 e. The van der Waals surface area contributed by atoms with Crippen LogP contribution < -0.4 is 9.46 Å². The Kier molecular flexibility index (Phi) is 5.82. The van der Waals surface area contributed by atoms with Gasteiger partial charge in [0.1, 0.15) is 22.3 Å². The van der Waals surface area contributed by atoms with Gasteiger partial charge in [-0.1, -0.05) is 17.7 Å². The van der Waals surface area contributed by atoms with Gasteiger partial charge in [-0.2, -0.15) is 0 Å². The van der Waals surface area contributed by atoms with E-state index < -0.39 is 33.1 Å². The van der Waals surface area contributed by atoms with Crippen molar-refractivity contribution in [2.45, 2.75) is 11.8 Å². The molecule has 3 aromatic rings. The summed E-state index contributed by atoms with van der Waals surface area (Å²) in [6, 6.07) is 7.24. The number of ether oxygens (including phenoxy) is 1. The molecule has 0 saturated heterocycles. The number of amides is 1. The molecule has 1 aromatic heterocycles. The van der Waals surface area contributed by atoms with Crippen molar-refractivity contribution < 1.29 is 26.7 Å². The van der Waals surface area contributed by atoms with Gasteiger partial charge in [0.2, 0.25) is 5.82 Å². The molecule has 158 valence electrons. The maximum atomic E-state index is 14.2. The predicted molar refractivity (Wildman–Crippen MR) is 106 cm³/mol. The average Bonchev–Trinajstić information content (AvgIpc) is 2.97. The maximum absolute atomic E-state index is 14.2. The van der Waals surface area contributed by atoms with E-state index in [0.29, 0.717) is 0 Å². The Morgan fingerprint density at radius 2 is 1.83 bits per heavy atom. The van der Waals surface area contributed by atoms with Gasteiger partial charge in [-0.3, -0.25) is 4.79 Å². The highest BCUT2D eigenvalue weighted by atomic mass is 35.5. The minimum absolute atomic E-state index is 0.116. The third-order valence-corrected chi connectivity index (χ3v) is 6.25. The number of rotatable bonds is 5. The van der Waals surface area contributed by atoms with Crippen LogP contribution in [0.2, 0.25) is 5.02 Å². The zero-order valence-electron chi connectivity index (χ0n) is 16.0. The molecule has 2 aromatic carbocycles. The molecule has 0 radical (unpaired) electrons. The second-order valence-electron chi connectivity index (χ2n) is 6.26. The zero-order chi connectivity index (χ0) is 22.2. The van der Waals surface area contributed by atoms with Gasteiger partial charge in [-0.05, 0) is 31.2 Å². The Bertz CT molecular complexity index is 1240. The highest BCUT2D eigenvalue weighted by Crippen LogP contribution is 2.29. The summed E-state index contributed by atoms with van der Waals surface area (Å²) in [6.45, 7) is 1.50. The largest absolute Gasteiger partial charge is 0.497 e. The number of halogens is 3. The van der Waals surface area contributed by atoms with Crippen LogP contribution in [0.15, 0.2) is 41.3 Å². The first kappa shape index (κ1) is 21.7. The SMILES string of the molecule is COc1ccc(Cl)c(S(=O)(=O)NC(=O)c2nc(-c3c(F)cccc3F)c(C)n2C)c1. The maximum Gasteiger partial charge on any atom is 0.301 e. The quantitative estimate of drug-likeness (QED) is 0.636. The average molecular weight is 456 g/mol. The lowest BCUT2D eigenvalue weighted by Gasteiger charge is -2.10. The molecule has 0 aliphatic carbocycles. The number of hydrogen-bond acceptors (Lipinski definition) is 5. The molecule has 0 aliphatic heterocycles. The standard InChI is InChI=1S/C19H16ClF2N3O4S/c1-10-17(16-13(21)5-4-6-14(16)22)23-18(25(10)2)19(26)24-30(27,28)15-9-11(29-3)7-8-12(15)20/h4-9H,1-3H3,(H,24,26). The van der Waals surface area contributed by atoms with E-state index in [0.717, 1.165) is 18.2 Å². The van der Waals surface area contributed by atoms with E-state index in [4.69, 9.17) is 16.3 Å². The topological polar surface area (TPSA) is 90.3 Å². The summed E-state index contributed by atoms with van der Waals surface area (Å²) in [7, 11) is -1.62.